The highest BCUT2D eigenvalue weighted by molar-refractivity contribution is 5.77. The van der Waals surface area contributed by atoms with Crippen molar-refractivity contribution in [2.24, 2.45) is 52.3 Å². The first-order valence-electron chi connectivity index (χ1n) is 15.4. The first kappa shape index (κ1) is 28.0. The summed E-state index contributed by atoms with van der Waals surface area (Å²) in [6, 6.07) is 0.433. The fourth-order valence-corrected chi connectivity index (χ4v) is 9.55. The lowest BCUT2D eigenvalue weighted by Crippen LogP contribution is -2.63. The van der Waals surface area contributed by atoms with E-state index < -0.39 is 0 Å². The van der Waals surface area contributed by atoms with E-state index in [1.165, 1.54) is 70.6 Å². The Labute approximate surface area is 213 Å². The van der Waals surface area contributed by atoms with E-state index >= 15 is 0 Å². The summed E-state index contributed by atoms with van der Waals surface area (Å²) < 4.78 is 0. The third kappa shape index (κ3) is 5.41. The zero-order chi connectivity index (χ0) is 25.1. The molecule has 1 N–H and O–H groups in total. The Hall–Kier alpha value is -0.530. The highest BCUT2D eigenvalue weighted by atomic mass is 16.1. The van der Waals surface area contributed by atoms with Crippen LogP contribution in [0.25, 0.3) is 0 Å². The monoisotopic (exact) mass is 473 g/mol. The zero-order valence-corrected chi connectivity index (χ0v) is 24.2. The molecule has 0 aromatic carbocycles. The van der Waals surface area contributed by atoms with Gasteiger partial charge in [0, 0.05) is 12.5 Å². The maximum Gasteiger partial charge on any atom is 0.220 e. The van der Waals surface area contributed by atoms with Crippen LogP contribution >= 0.6 is 0 Å². The molecule has 34 heavy (non-hydrogen) atoms. The lowest BCUT2D eigenvalue weighted by atomic mass is 9.44. The summed E-state index contributed by atoms with van der Waals surface area (Å²) in [5.74, 6) is 6.46. The number of piperidine rings is 1. The minimum atomic E-state index is 0.313. The molecule has 2 nitrogen and oxygen atoms in total. The zero-order valence-electron chi connectivity index (χ0n) is 24.2. The molecule has 1 aliphatic heterocycles. The van der Waals surface area contributed by atoms with Crippen LogP contribution in [0.2, 0.25) is 0 Å². The van der Waals surface area contributed by atoms with Crippen molar-refractivity contribution in [3.63, 3.8) is 0 Å². The topological polar surface area (TPSA) is 29.1 Å². The smallest absolute Gasteiger partial charge is 0.220 e. The molecule has 0 aromatic heterocycles. The molecule has 9 atom stereocenters. The summed E-state index contributed by atoms with van der Waals surface area (Å²) in [5.41, 5.74) is 0.899. The molecule has 3 saturated carbocycles. The van der Waals surface area contributed by atoms with E-state index in [0.717, 1.165) is 54.3 Å². The van der Waals surface area contributed by atoms with Crippen molar-refractivity contribution in [2.75, 3.05) is 0 Å². The maximum absolute atomic E-state index is 12.3. The summed E-state index contributed by atoms with van der Waals surface area (Å²) in [7, 11) is 0. The summed E-state index contributed by atoms with van der Waals surface area (Å²) in [4.78, 5) is 12.3. The van der Waals surface area contributed by atoms with Crippen LogP contribution in [0.4, 0.5) is 0 Å². The van der Waals surface area contributed by atoms with Gasteiger partial charge in [0.2, 0.25) is 5.91 Å². The summed E-state index contributed by atoms with van der Waals surface area (Å²) in [5, 5.41) is 3.47. The van der Waals surface area contributed by atoms with Crippen LogP contribution in [-0.2, 0) is 4.79 Å². The van der Waals surface area contributed by atoms with Crippen LogP contribution in [-0.4, -0.2) is 11.9 Å². The highest BCUT2D eigenvalue weighted by Crippen LogP contribution is 2.68. The van der Waals surface area contributed by atoms with Crippen molar-refractivity contribution < 1.29 is 4.79 Å². The van der Waals surface area contributed by atoms with E-state index in [1.807, 2.05) is 0 Å². The molecule has 0 spiro atoms. The van der Waals surface area contributed by atoms with E-state index in [-0.39, 0.29) is 0 Å². The fourth-order valence-electron chi connectivity index (χ4n) is 9.55. The van der Waals surface area contributed by atoms with Crippen molar-refractivity contribution >= 4 is 5.91 Å². The van der Waals surface area contributed by atoms with Gasteiger partial charge in [-0.05, 0) is 90.8 Å². The van der Waals surface area contributed by atoms with Gasteiger partial charge in [0.1, 0.15) is 0 Å². The van der Waals surface area contributed by atoms with E-state index in [0.29, 0.717) is 22.8 Å². The van der Waals surface area contributed by atoms with Crippen LogP contribution < -0.4 is 5.32 Å². The Balaban J connectivity index is 0.00000103. The molecule has 0 radical (unpaired) electrons. The molecule has 1 saturated heterocycles. The Morgan fingerprint density at radius 2 is 1.62 bits per heavy atom. The van der Waals surface area contributed by atoms with Crippen LogP contribution in [0.5, 0.6) is 0 Å². The van der Waals surface area contributed by atoms with Gasteiger partial charge in [-0.1, -0.05) is 93.9 Å². The Bertz CT molecular complexity index is 657. The molecule has 4 fully saturated rings. The highest BCUT2D eigenvalue weighted by Gasteiger charge is 2.62. The fraction of sp³-hybridized carbons (Fsp3) is 0.969. The number of fused-ring (bicyclic) bond motifs is 5. The number of carbonyl (C=O) groups is 1. The van der Waals surface area contributed by atoms with E-state index in [2.05, 4.69) is 60.7 Å². The first-order valence-corrected chi connectivity index (χ1v) is 15.4. The molecule has 2 heteroatoms. The first-order chi connectivity index (χ1) is 16.1. The maximum atomic E-state index is 12.3. The van der Waals surface area contributed by atoms with Crippen molar-refractivity contribution in [3.05, 3.63) is 0 Å². The number of rotatable bonds is 7. The van der Waals surface area contributed by atoms with E-state index in [1.54, 1.807) is 0 Å². The van der Waals surface area contributed by atoms with Gasteiger partial charge in [-0.15, -0.1) is 0 Å². The Morgan fingerprint density at radius 3 is 2.26 bits per heavy atom. The second-order valence-electron chi connectivity index (χ2n) is 13.9. The van der Waals surface area contributed by atoms with Gasteiger partial charge in [-0.25, -0.2) is 0 Å². The predicted molar refractivity (Wildman–Crippen MR) is 147 cm³/mol. The van der Waals surface area contributed by atoms with Gasteiger partial charge in [0.15, 0.2) is 0 Å². The van der Waals surface area contributed by atoms with Gasteiger partial charge in [0.05, 0.1) is 0 Å². The standard InChI is InChI=1S/C29H51NO.C3H8/c1-7-9-21-18-25-29(6,17-15-26(31)30-25)24-14-16-28(5)22(12-13-23(28)27(21)24)20(4)11-8-10-19(2)3;1-3-2/h19-25,27H,7-18H2,1-6H3,(H,30,31);3H2,1-2H3/t20?,21-,22?,23?,24?,25?,27?,28+,29+;/m0./s1. The third-order valence-electron chi connectivity index (χ3n) is 11.1. The molecule has 4 rings (SSSR count). The largest absolute Gasteiger partial charge is 0.353 e. The van der Waals surface area contributed by atoms with Crippen molar-refractivity contribution in [1.29, 1.82) is 0 Å². The molecule has 198 valence electrons. The second-order valence-corrected chi connectivity index (χ2v) is 13.9. The van der Waals surface area contributed by atoms with Crippen molar-refractivity contribution in [3.8, 4) is 0 Å². The normalized spacial score (nSPS) is 42.1. The lowest BCUT2D eigenvalue weighted by Gasteiger charge is -2.63. The second kappa shape index (κ2) is 11.7. The molecule has 3 aliphatic carbocycles. The Morgan fingerprint density at radius 1 is 0.941 bits per heavy atom. The number of carbonyl (C=O) groups excluding carboxylic acids is 1. The minimum Gasteiger partial charge on any atom is -0.353 e. The van der Waals surface area contributed by atoms with Gasteiger partial charge in [-0.3, -0.25) is 4.79 Å². The SMILES string of the molecule is CCC.CCC[C@H]1CC2NC(=O)CC[C@]2(C)C2CC[C@]3(C)C(C(C)CCCC(C)C)CCC3C21. The van der Waals surface area contributed by atoms with Crippen molar-refractivity contribution in [1.82, 2.24) is 5.32 Å². The number of amides is 1. The van der Waals surface area contributed by atoms with Crippen LogP contribution in [0, 0.1) is 52.3 Å². The molecule has 4 aliphatic rings. The number of hydrogen-bond acceptors (Lipinski definition) is 1. The van der Waals surface area contributed by atoms with Gasteiger partial charge >= 0.3 is 0 Å². The predicted octanol–water partition coefficient (Wildman–Crippen LogP) is 9.03. The lowest BCUT2D eigenvalue weighted by molar-refractivity contribution is -0.146. The van der Waals surface area contributed by atoms with Gasteiger partial charge in [-0.2, -0.15) is 0 Å². The molecule has 6 unspecified atom stereocenters. The van der Waals surface area contributed by atoms with E-state index in [4.69, 9.17) is 0 Å². The van der Waals surface area contributed by atoms with E-state index in [9.17, 15) is 4.79 Å². The number of nitrogens with one attached hydrogen (secondary N) is 1. The molecule has 1 amide bonds. The quantitative estimate of drug-likeness (QED) is 0.392. The van der Waals surface area contributed by atoms with Gasteiger partial charge < -0.3 is 5.32 Å². The van der Waals surface area contributed by atoms with Crippen LogP contribution in [0.3, 0.4) is 0 Å². The van der Waals surface area contributed by atoms with Crippen LogP contribution in [0.15, 0.2) is 0 Å². The average Bonchev–Trinajstić information content (AvgIpc) is 3.12. The summed E-state index contributed by atoms with van der Waals surface area (Å²) >= 11 is 0. The molecule has 0 bridgehead atoms. The summed E-state index contributed by atoms with van der Waals surface area (Å²) in [6.45, 7) is 19.2. The molecule has 1 heterocycles. The molecule has 0 aromatic rings. The van der Waals surface area contributed by atoms with Crippen molar-refractivity contribution in [2.45, 2.75) is 145 Å². The average molecular weight is 474 g/mol. The van der Waals surface area contributed by atoms with Crippen LogP contribution in [0.1, 0.15) is 139 Å². The summed E-state index contributed by atoms with van der Waals surface area (Å²) in [6.07, 6.45) is 17.1. The number of hydrogen-bond donors (Lipinski definition) is 1. The Kier molecular flexibility index (Phi) is 9.64. The van der Waals surface area contributed by atoms with Gasteiger partial charge in [0.25, 0.3) is 0 Å². The minimum absolute atomic E-state index is 0.313. The molecular weight excluding hydrogens is 414 g/mol. The molecular formula is C32H59NO. The third-order valence-corrected chi connectivity index (χ3v) is 11.1.